The molecule has 3 N–H and O–H groups in total. The van der Waals surface area contributed by atoms with Gasteiger partial charge in [-0.3, -0.25) is 10.3 Å². The van der Waals surface area contributed by atoms with E-state index in [1.165, 1.54) is 0 Å². The third-order valence-corrected chi connectivity index (χ3v) is 6.21. The molecule has 0 spiro atoms. The Morgan fingerprint density at radius 3 is 2.74 bits per heavy atom. The summed E-state index contributed by atoms with van der Waals surface area (Å²) < 4.78 is 11.3. The topological polar surface area (TPSA) is 113 Å². The number of hydrogen-bond acceptors (Lipinski definition) is 9. The Kier molecular flexibility index (Phi) is 7.37. The first-order chi connectivity index (χ1) is 16.1. The predicted molar refractivity (Wildman–Crippen MR) is 130 cm³/mol. The Labute approximate surface area is 201 Å². The van der Waals surface area contributed by atoms with Crippen LogP contribution in [0.5, 0.6) is 5.75 Å². The minimum Gasteiger partial charge on any atom is -0.490 e. The molecule has 9 heteroatoms. The molecule has 0 amide bonds. The normalized spacial score (nSPS) is 18.4. The molecule has 4 rings (SSSR count). The molecule has 34 heavy (non-hydrogen) atoms. The average Bonchev–Trinajstić information content (AvgIpc) is 3.25. The number of likely N-dealkylation sites (N-methyl/N-ethyl adjacent to an activating group) is 1. The maximum atomic E-state index is 10.7. The highest BCUT2D eigenvalue weighted by atomic mass is 16.5. The molecule has 1 unspecified atom stereocenters. The third-order valence-electron chi connectivity index (χ3n) is 6.21. The first-order valence-corrected chi connectivity index (χ1v) is 12.1. The van der Waals surface area contributed by atoms with E-state index < -0.39 is 11.8 Å². The summed E-state index contributed by atoms with van der Waals surface area (Å²) >= 11 is 0. The van der Waals surface area contributed by atoms with E-state index in [2.05, 4.69) is 10.3 Å². The molecule has 2 aromatic rings. The lowest BCUT2D eigenvalue weighted by Crippen LogP contribution is -2.48. The molecule has 2 aliphatic rings. The van der Waals surface area contributed by atoms with Crippen LogP contribution in [0, 0.1) is 0 Å². The van der Waals surface area contributed by atoms with Crippen LogP contribution >= 0.6 is 0 Å². The van der Waals surface area contributed by atoms with Crippen LogP contribution in [0.2, 0.25) is 0 Å². The van der Waals surface area contributed by atoms with Crippen molar-refractivity contribution < 1.29 is 19.7 Å². The number of aryl methyl sites for hydroxylation is 1. The van der Waals surface area contributed by atoms with Crippen LogP contribution in [0.15, 0.2) is 18.3 Å². The van der Waals surface area contributed by atoms with Crippen molar-refractivity contribution in [3.05, 3.63) is 29.6 Å². The zero-order valence-corrected chi connectivity index (χ0v) is 20.7. The van der Waals surface area contributed by atoms with E-state index in [4.69, 9.17) is 19.4 Å². The van der Waals surface area contributed by atoms with Crippen molar-refractivity contribution in [3.63, 3.8) is 0 Å². The number of ether oxygens (including phenoxy) is 2. The van der Waals surface area contributed by atoms with E-state index in [0.29, 0.717) is 49.9 Å². The first-order valence-electron chi connectivity index (χ1n) is 12.1. The van der Waals surface area contributed by atoms with Gasteiger partial charge in [0.1, 0.15) is 35.7 Å². The second kappa shape index (κ2) is 10.1. The molecule has 1 fully saturated rings. The van der Waals surface area contributed by atoms with Crippen molar-refractivity contribution in [3.8, 4) is 17.3 Å². The van der Waals surface area contributed by atoms with Crippen LogP contribution in [0.4, 0.5) is 5.82 Å². The smallest absolute Gasteiger partial charge is 0.180 e. The minimum atomic E-state index is -0.871. The highest BCUT2D eigenvalue weighted by Crippen LogP contribution is 2.31. The summed E-state index contributed by atoms with van der Waals surface area (Å²) in [6.45, 7) is 7.77. The Morgan fingerprint density at radius 1 is 1.24 bits per heavy atom. The second-order valence-corrected chi connectivity index (χ2v) is 10.4. The van der Waals surface area contributed by atoms with Gasteiger partial charge in [-0.05, 0) is 46.1 Å². The Hall–Kier alpha value is -2.33. The summed E-state index contributed by atoms with van der Waals surface area (Å²) in [6, 6.07) is 3.60. The summed E-state index contributed by atoms with van der Waals surface area (Å²) in [4.78, 5) is 16.1. The first kappa shape index (κ1) is 24.8. The summed E-state index contributed by atoms with van der Waals surface area (Å²) in [5.74, 6) is 1.99. The van der Waals surface area contributed by atoms with E-state index in [1.807, 2.05) is 38.8 Å². The van der Waals surface area contributed by atoms with E-state index in [-0.39, 0.29) is 12.1 Å². The second-order valence-electron chi connectivity index (χ2n) is 10.4. The van der Waals surface area contributed by atoms with Gasteiger partial charge in [0.2, 0.25) is 0 Å². The SMILES string of the molecule is CN(CC(O)NC(C)(C)C)c1nc(-c2cc(OCC3(O)CCOCC3)ccn2)nc2c1CCC2. The van der Waals surface area contributed by atoms with Crippen LogP contribution in [0.1, 0.15) is 51.3 Å². The van der Waals surface area contributed by atoms with Crippen molar-refractivity contribution in [1.82, 2.24) is 20.3 Å². The molecule has 1 aliphatic heterocycles. The fourth-order valence-corrected chi connectivity index (χ4v) is 4.47. The molecule has 0 bridgehead atoms. The Morgan fingerprint density at radius 2 is 2.00 bits per heavy atom. The molecule has 1 aliphatic carbocycles. The van der Waals surface area contributed by atoms with Gasteiger partial charge in [-0.25, -0.2) is 9.97 Å². The number of rotatable bonds is 8. The quantitative estimate of drug-likeness (QED) is 0.498. The van der Waals surface area contributed by atoms with Gasteiger partial charge in [0.05, 0.1) is 6.54 Å². The number of pyridine rings is 1. The number of aliphatic hydroxyl groups is 2. The number of fused-ring (bicyclic) bond motifs is 1. The molecular weight excluding hydrogens is 434 g/mol. The van der Waals surface area contributed by atoms with Crippen LogP contribution in [0.3, 0.4) is 0 Å². The number of nitrogens with one attached hydrogen (secondary N) is 1. The standard InChI is InChI=1S/C25H37N5O4/c1-24(2,3)29-21(31)15-30(4)23-18-6-5-7-19(18)27-22(28-23)20-14-17(8-11-26-20)34-16-25(32)9-12-33-13-10-25/h8,11,14,21,29,31-32H,5-7,9-10,12-13,15-16H2,1-4H3. The number of hydrogen-bond donors (Lipinski definition) is 3. The van der Waals surface area contributed by atoms with Crippen molar-refractivity contribution in [2.75, 3.05) is 38.3 Å². The van der Waals surface area contributed by atoms with Crippen LogP contribution in [-0.4, -0.2) is 75.9 Å². The van der Waals surface area contributed by atoms with Crippen LogP contribution in [0.25, 0.3) is 11.5 Å². The van der Waals surface area contributed by atoms with Crippen LogP contribution in [-0.2, 0) is 17.6 Å². The molecule has 0 aromatic carbocycles. The molecule has 1 atom stereocenters. The van der Waals surface area contributed by atoms with Gasteiger partial charge in [0, 0.05) is 62.2 Å². The van der Waals surface area contributed by atoms with Gasteiger partial charge in [0.15, 0.2) is 5.82 Å². The van der Waals surface area contributed by atoms with E-state index in [9.17, 15) is 10.2 Å². The maximum Gasteiger partial charge on any atom is 0.180 e. The highest BCUT2D eigenvalue weighted by molar-refractivity contribution is 5.59. The molecule has 9 nitrogen and oxygen atoms in total. The monoisotopic (exact) mass is 471 g/mol. The lowest BCUT2D eigenvalue weighted by atomic mass is 9.96. The molecule has 2 aromatic heterocycles. The van der Waals surface area contributed by atoms with Gasteiger partial charge in [-0.1, -0.05) is 0 Å². The Balaban J connectivity index is 1.54. The fraction of sp³-hybridized carbons (Fsp3) is 0.640. The summed E-state index contributed by atoms with van der Waals surface area (Å²) in [5.41, 5.74) is 1.73. The Bertz CT molecular complexity index is 988. The van der Waals surface area contributed by atoms with Gasteiger partial charge >= 0.3 is 0 Å². The summed E-state index contributed by atoms with van der Waals surface area (Å²) in [7, 11) is 1.94. The van der Waals surface area contributed by atoms with E-state index in [0.717, 1.165) is 36.3 Å². The van der Waals surface area contributed by atoms with Crippen LogP contribution < -0.4 is 15.0 Å². The number of aromatic nitrogens is 3. The van der Waals surface area contributed by atoms with Crippen molar-refractivity contribution >= 4 is 5.82 Å². The highest BCUT2D eigenvalue weighted by Gasteiger charge is 2.31. The van der Waals surface area contributed by atoms with E-state index >= 15 is 0 Å². The maximum absolute atomic E-state index is 10.7. The molecular formula is C25H37N5O4. The zero-order chi connectivity index (χ0) is 24.3. The lowest BCUT2D eigenvalue weighted by molar-refractivity contribution is -0.0855. The molecule has 186 valence electrons. The number of nitrogens with zero attached hydrogens (tertiary/aromatic N) is 4. The number of anilines is 1. The zero-order valence-electron chi connectivity index (χ0n) is 20.7. The average molecular weight is 472 g/mol. The largest absolute Gasteiger partial charge is 0.490 e. The van der Waals surface area contributed by atoms with Gasteiger partial charge in [0.25, 0.3) is 0 Å². The lowest BCUT2D eigenvalue weighted by Gasteiger charge is -2.31. The van der Waals surface area contributed by atoms with E-state index in [1.54, 1.807) is 12.3 Å². The van der Waals surface area contributed by atoms with Gasteiger partial charge in [-0.2, -0.15) is 0 Å². The molecule has 0 saturated carbocycles. The predicted octanol–water partition coefficient (Wildman–Crippen LogP) is 2.09. The molecule has 0 radical (unpaired) electrons. The minimum absolute atomic E-state index is 0.193. The molecule has 1 saturated heterocycles. The third kappa shape index (κ3) is 6.21. The van der Waals surface area contributed by atoms with Crippen molar-refractivity contribution in [1.29, 1.82) is 0 Å². The summed E-state index contributed by atoms with van der Waals surface area (Å²) in [6.07, 6.45) is 4.98. The fourth-order valence-electron chi connectivity index (χ4n) is 4.47. The van der Waals surface area contributed by atoms with Crippen molar-refractivity contribution in [2.45, 2.75) is 70.2 Å². The van der Waals surface area contributed by atoms with Crippen molar-refractivity contribution in [2.24, 2.45) is 0 Å². The van der Waals surface area contributed by atoms with Gasteiger partial charge < -0.3 is 24.6 Å². The molecule has 3 heterocycles. The number of aliphatic hydroxyl groups excluding tert-OH is 1. The van der Waals surface area contributed by atoms with Gasteiger partial charge in [-0.15, -0.1) is 0 Å². The summed E-state index contributed by atoms with van der Waals surface area (Å²) in [5, 5.41) is 24.4.